The van der Waals surface area contributed by atoms with Crippen LogP contribution < -0.4 is 10.4 Å². The number of carbonyl (C=O) groups excluding carboxylic acids is 1. The van der Waals surface area contributed by atoms with E-state index in [9.17, 15) is 18.7 Å². The minimum Gasteiger partial charge on any atom is -0.464 e. The van der Waals surface area contributed by atoms with Crippen molar-refractivity contribution in [3.63, 3.8) is 0 Å². The van der Waals surface area contributed by atoms with Crippen molar-refractivity contribution in [3.05, 3.63) is 29.8 Å². The zero-order valence-corrected chi connectivity index (χ0v) is 10.3. The quantitative estimate of drug-likeness (QED) is 0.802. The molecule has 1 aliphatic heterocycles. The summed E-state index contributed by atoms with van der Waals surface area (Å²) >= 11 is 0. The molecule has 1 aromatic carbocycles. The van der Waals surface area contributed by atoms with Gasteiger partial charge in [0, 0.05) is 6.42 Å². The second-order valence-electron chi connectivity index (χ2n) is 4.09. The number of hydrogen-bond acceptors (Lipinski definition) is 5. The molecule has 0 radical (unpaired) electrons. The lowest BCUT2D eigenvalue weighted by molar-refractivity contribution is -0.144. The Bertz CT molecular complexity index is 464. The summed E-state index contributed by atoms with van der Waals surface area (Å²) in [7, 11) is 0. The van der Waals surface area contributed by atoms with E-state index in [1.807, 2.05) is 0 Å². The maximum Gasteiger partial charge on any atom is 0.330 e. The Morgan fingerprint density at radius 2 is 2.16 bits per heavy atom. The van der Waals surface area contributed by atoms with Gasteiger partial charge in [-0.1, -0.05) is 6.07 Å². The molecule has 1 heterocycles. The summed E-state index contributed by atoms with van der Waals surface area (Å²) < 4.78 is 32.2. The van der Waals surface area contributed by atoms with Crippen LogP contribution >= 0.6 is 0 Å². The Hall–Kier alpha value is -1.73. The summed E-state index contributed by atoms with van der Waals surface area (Å²) in [5.74, 6) is -2.29. The highest BCUT2D eigenvalue weighted by Crippen LogP contribution is 2.28. The molecule has 1 saturated heterocycles. The summed E-state index contributed by atoms with van der Waals surface area (Å²) in [5.41, 5.74) is 2.04. The van der Waals surface area contributed by atoms with Crippen LogP contribution in [-0.4, -0.2) is 30.0 Å². The standard InChI is InChI=1S/C12H14F2N2O3/c1-2-19-12(18)9-6-10(17)15-16(9)11-7(13)4-3-5-8(11)14/h3-5,9-10,15,17H,2,6H2,1H3. The lowest BCUT2D eigenvalue weighted by atomic mass is 10.2. The van der Waals surface area contributed by atoms with E-state index in [1.165, 1.54) is 6.07 Å². The number of para-hydroxylation sites is 1. The average Bonchev–Trinajstić information content (AvgIpc) is 2.71. The number of halogens is 2. The van der Waals surface area contributed by atoms with E-state index in [-0.39, 0.29) is 13.0 Å². The first kappa shape index (κ1) is 13.7. The van der Waals surface area contributed by atoms with Crippen molar-refractivity contribution in [2.45, 2.75) is 25.6 Å². The Morgan fingerprint density at radius 3 is 2.74 bits per heavy atom. The predicted octanol–water partition coefficient (Wildman–Crippen LogP) is 0.930. The van der Waals surface area contributed by atoms with Crippen molar-refractivity contribution >= 4 is 11.7 Å². The highest BCUT2D eigenvalue weighted by atomic mass is 19.1. The van der Waals surface area contributed by atoms with Crippen LogP contribution in [0.3, 0.4) is 0 Å². The normalized spacial score (nSPS) is 22.6. The minimum absolute atomic E-state index is 0.00733. The molecule has 2 atom stereocenters. The zero-order valence-electron chi connectivity index (χ0n) is 10.3. The van der Waals surface area contributed by atoms with Gasteiger partial charge in [0.1, 0.15) is 18.0 Å². The van der Waals surface area contributed by atoms with Crippen molar-refractivity contribution in [1.82, 2.24) is 5.43 Å². The SMILES string of the molecule is CCOC(=O)C1CC(O)NN1c1c(F)cccc1F. The number of aliphatic hydroxyl groups excluding tert-OH is 1. The average molecular weight is 272 g/mol. The second kappa shape index (κ2) is 5.50. The van der Waals surface area contributed by atoms with Gasteiger partial charge < -0.3 is 9.84 Å². The topological polar surface area (TPSA) is 61.8 Å². The van der Waals surface area contributed by atoms with Crippen LogP contribution in [0.5, 0.6) is 0 Å². The van der Waals surface area contributed by atoms with E-state index in [1.54, 1.807) is 6.92 Å². The smallest absolute Gasteiger partial charge is 0.330 e. The number of nitrogens with one attached hydrogen (secondary N) is 1. The van der Waals surface area contributed by atoms with Gasteiger partial charge in [0.15, 0.2) is 11.6 Å². The van der Waals surface area contributed by atoms with Gasteiger partial charge in [-0.25, -0.2) is 19.0 Å². The van der Waals surface area contributed by atoms with Gasteiger partial charge in [-0.15, -0.1) is 0 Å². The van der Waals surface area contributed by atoms with E-state index >= 15 is 0 Å². The maximum atomic E-state index is 13.7. The molecule has 1 fully saturated rings. The minimum atomic E-state index is -1.06. The third kappa shape index (κ3) is 2.66. The molecular formula is C12H14F2N2O3. The Labute approximate surface area is 108 Å². The van der Waals surface area contributed by atoms with Crippen LogP contribution in [-0.2, 0) is 9.53 Å². The monoisotopic (exact) mass is 272 g/mol. The molecular weight excluding hydrogens is 258 g/mol. The van der Waals surface area contributed by atoms with Crippen molar-refractivity contribution in [3.8, 4) is 0 Å². The Morgan fingerprint density at radius 1 is 1.53 bits per heavy atom. The molecule has 2 N–H and O–H groups in total. The summed E-state index contributed by atoms with van der Waals surface area (Å²) in [6.07, 6.45) is -1.07. The number of nitrogens with zero attached hydrogens (tertiary/aromatic N) is 1. The number of aliphatic hydroxyl groups is 1. The number of rotatable bonds is 3. The van der Waals surface area contributed by atoms with Crippen LogP contribution in [0.15, 0.2) is 18.2 Å². The fourth-order valence-electron chi connectivity index (χ4n) is 2.00. The van der Waals surface area contributed by atoms with Crippen molar-refractivity contribution < 1.29 is 23.4 Å². The van der Waals surface area contributed by atoms with Gasteiger partial charge in [0.25, 0.3) is 0 Å². The third-order valence-corrected chi connectivity index (χ3v) is 2.78. The largest absolute Gasteiger partial charge is 0.464 e. The molecule has 104 valence electrons. The van der Waals surface area contributed by atoms with E-state index < -0.39 is 35.6 Å². The summed E-state index contributed by atoms with van der Waals surface area (Å²) in [4.78, 5) is 11.7. The first-order valence-electron chi connectivity index (χ1n) is 5.88. The first-order valence-corrected chi connectivity index (χ1v) is 5.88. The molecule has 0 bridgehead atoms. The number of carbonyl (C=O) groups is 1. The molecule has 19 heavy (non-hydrogen) atoms. The van der Waals surface area contributed by atoms with Gasteiger partial charge in [-0.05, 0) is 19.1 Å². The molecule has 5 nitrogen and oxygen atoms in total. The van der Waals surface area contributed by atoms with E-state index in [0.29, 0.717) is 0 Å². The molecule has 2 rings (SSSR count). The van der Waals surface area contributed by atoms with Crippen LogP contribution in [0.1, 0.15) is 13.3 Å². The molecule has 7 heteroatoms. The van der Waals surface area contributed by atoms with Crippen LogP contribution in [0.4, 0.5) is 14.5 Å². The molecule has 0 aliphatic carbocycles. The number of esters is 1. The van der Waals surface area contributed by atoms with Crippen molar-refractivity contribution in [2.75, 3.05) is 11.6 Å². The van der Waals surface area contributed by atoms with E-state index in [4.69, 9.17) is 4.74 Å². The lowest BCUT2D eigenvalue weighted by Gasteiger charge is -2.25. The molecule has 0 spiro atoms. The molecule has 0 aromatic heterocycles. The molecule has 1 aromatic rings. The highest BCUT2D eigenvalue weighted by molar-refractivity contribution is 5.80. The van der Waals surface area contributed by atoms with Crippen LogP contribution in [0.2, 0.25) is 0 Å². The number of hydrogen-bond donors (Lipinski definition) is 2. The number of hydrazine groups is 1. The summed E-state index contributed by atoms with van der Waals surface area (Å²) in [5, 5.41) is 10.5. The molecule has 2 unspecified atom stereocenters. The Balaban J connectivity index is 2.33. The molecule has 1 aliphatic rings. The highest BCUT2D eigenvalue weighted by Gasteiger charge is 2.39. The van der Waals surface area contributed by atoms with E-state index in [0.717, 1.165) is 17.1 Å². The fourth-order valence-corrected chi connectivity index (χ4v) is 2.00. The maximum absolute atomic E-state index is 13.7. The fraction of sp³-hybridized carbons (Fsp3) is 0.417. The van der Waals surface area contributed by atoms with E-state index in [2.05, 4.69) is 5.43 Å². The number of ether oxygens (including phenoxy) is 1. The third-order valence-electron chi connectivity index (χ3n) is 2.78. The number of anilines is 1. The number of benzene rings is 1. The Kier molecular flexibility index (Phi) is 3.96. The van der Waals surface area contributed by atoms with Gasteiger partial charge in [-0.2, -0.15) is 0 Å². The van der Waals surface area contributed by atoms with Gasteiger partial charge in [-0.3, -0.25) is 5.01 Å². The first-order chi connectivity index (χ1) is 9.04. The lowest BCUT2D eigenvalue weighted by Crippen LogP contribution is -2.44. The zero-order chi connectivity index (χ0) is 14.0. The molecule has 0 saturated carbocycles. The van der Waals surface area contributed by atoms with Crippen LogP contribution in [0, 0.1) is 11.6 Å². The summed E-state index contributed by atoms with van der Waals surface area (Å²) in [6.45, 7) is 1.78. The summed E-state index contributed by atoms with van der Waals surface area (Å²) in [6, 6.07) is 2.40. The predicted molar refractivity (Wildman–Crippen MR) is 63.0 cm³/mol. The van der Waals surface area contributed by atoms with Crippen molar-refractivity contribution in [1.29, 1.82) is 0 Å². The molecule has 0 amide bonds. The van der Waals surface area contributed by atoms with Crippen molar-refractivity contribution in [2.24, 2.45) is 0 Å². The van der Waals surface area contributed by atoms with Gasteiger partial charge in [0.2, 0.25) is 0 Å². The van der Waals surface area contributed by atoms with Gasteiger partial charge >= 0.3 is 5.97 Å². The van der Waals surface area contributed by atoms with Crippen LogP contribution in [0.25, 0.3) is 0 Å². The second-order valence-corrected chi connectivity index (χ2v) is 4.09. The van der Waals surface area contributed by atoms with Gasteiger partial charge in [0.05, 0.1) is 6.61 Å².